The van der Waals surface area contributed by atoms with Crippen LogP contribution in [0.4, 0.5) is 0 Å². The maximum Gasteiger partial charge on any atom is 0.258 e. The molecule has 0 heterocycles. The number of amides is 2. The molecular weight excluding hydrogens is 306 g/mol. The second-order valence-electron chi connectivity index (χ2n) is 4.98. The van der Waals surface area contributed by atoms with Crippen LogP contribution < -0.4 is 15.4 Å². The minimum Gasteiger partial charge on any atom is -0.484 e. The predicted molar refractivity (Wildman–Crippen MR) is 88.3 cm³/mol. The molecule has 0 spiro atoms. The van der Waals surface area contributed by atoms with Crippen LogP contribution in [0.2, 0.25) is 0 Å². The molecule has 2 rings (SSSR count). The van der Waals surface area contributed by atoms with Crippen molar-refractivity contribution in [2.75, 3.05) is 13.7 Å². The molecule has 0 aliphatic carbocycles. The Kier molecular flexibility index (Phi) is 5.92. The van der Waals surface area contributed by atoms with E-state index in [9.17, 15) is 9.59 Å². The molecule has 24 heavy (non-hydrogen) atoms. The summed E-state index contributed by atoms with van der Waals surface area (Å²) in [6, 6.07) is 15.5. The summed E-state index contributed by atoms with van der Waals surface area (Å²) >= 11 is 0. The van der Waals surface area contributed by atoms with E-state index in [1.165, 1.54) is 0 Å². The molecule has 122 valence electrons. The van der Waals surface area contributed by atoms with Crippen molar-refractivity contribution in [3.05, 3.63) is 65.2 Å². The molecule has 6 heteroatoms. The highest BCUT2D eigenvalue weighted by atomic mass is 16.5. The molecule has 0 aromatic heterocycles. The number of carbonyl (C=O) groups excluding carboxylic acids is 2. The summed E-state index contributed by atoms with van der Waals surface area (Å²) in [5, 5.41) is 14.0. The lowest BCUT2D eigenvalue weighted by Gasteiger charge is -2.08. The monoisotopic (exact) mass is 323 g/mol. The fourth-order valence-electron chi connectivity index (χ4n) is 1.94. The van der Waals surface area contributed by atoms with Gasteiger partial charge >= 0.3 is 0 Å². The molecule has 0 fully saturated rings. The fraction of sp³-hybridized carbons (Fsp3) is 0.167. The highest BCUT2D eigenvalue weighted by Gasteiger charge is 2.05. The van der Waals surface area contributed by atoms with Gasteiger partial charge in [0.05, 0.1) is 11.6 Å². The molecule has 2 N–H and O–H groups in total. The van der Waals surface area contributed by atoms with E-state index in [4.69, 9.17) is 10.00 Å². The second-order valence-corrected chi connectivity index (χ2v) is 4.98. The van der Waals surface area contributed by atoms with E-state index in [1.54, 1.807) is 55.6 Å². The minimum atomic E-state index is -0.255. The summed E-state index contributed by atoms with van der Waals surface area (Å²) in [5.74, 6) is 0.121. The van der Waals surface area contributed by atoms with Gasteiger partial charge in [0, 0.05) is 19.2 Å². The van der Waals surface area contributed by atoms with Gasteiger partial charge in [-0.25, -0.2) is 0 Å². The van der Waals surface area contributed by atoms with Crippen LogP contribution >= 0.6 is 0 Å². The fourth-order valence-corrected chi connectivity index (χ4v) is 1.94. The highest BCUT2D eigenvalue weighted by molar-refractivity contribution is 5.93. The number of nitriles is 1. The first-order valence-electron chi connectivity index (χ1n) is 7.33. The summed E-state index contributed by atoms with van der Waals surface area (Å²) in [6.45, 7) is 0.242. The molecule has 6 nitrogen and oxygen atoms in total. The maximum absolute atomic E-state index is 11.8. The maximum atomic E-state index is 11.8. The molecule has 0 saturated carbocycles. The van der Waals surface area contributed by atoms with Gasteiger partial charge in [-0.3, -0.25) is 9.59 Å². The normalized spacial score (nSPS) is 9.67. The number of nitrogens with zero attached hydrogens (tertiary/aromatic N) is 1. The molecule has 2 amide bonds. The van der Waals surface area contributed by atoms with Crippen LogP contribution in [-0.2, 0) is 11.3 Å². The Balaban J connectivity index is 1.78. The third-order valence-electron chi connectivity index (χ3n) is 3.29. The quantitative estimate of drug-likeness (QED) is 0.845. The standard InChI is InChI=1S/C18H17N3O3/c1-20-18(23)15-6-2-14(3-7-15)11-21-17(22)12-24-16-8-4-13(10-19)5-9-16/h2-9H,11-12H2,1H3,(H,20,23)(H,21,22). The lowest BCUT2D eigenvalue weighted by molar-refractivity contribution is -0.123. The van der Waals surface area contributed by atoms with E-state index in [-0.39, 0.29) is 18.4 Å². The number of rotatable bonds is 6. The Morgan fingerprint density at radius 1 is 1.08 bits per heavy atom. The molecule has 2 aromatic carbocycles. The van der Waals surface area contributed by atoms with E-state index in [2.05, 4.69) is 10.6 Å². The topological polar surface area (TPSA) is 91.2 Å². The summed E-state index contributed by atoms with van der Waals surface area (Å²) in [4.78, 5) is 23.2. The van der Waals surface area contributed by atoms with Crippen molar-refractivity contribution < 1.29 is 14.3 Å². The molecule has 0 saturated heterocycles. The van der Waals surface area contributed by atoms with E-state index in [0.29, 0.717) is 23.4 Å². The van der Waals surface area contributed by atoms with Gasteiger partial charge in [0.15, 0.2) is 6.61 Å². The average Bonchev–Trinajstić information content (AvgIpc) is 2.64. The van der Waals surface area contributed by atoms with Crippen LogP contribution in [0.5, 0.6) is 5.75 Å². The number of hydrogen-bond donors (Lipinski definition) is 2. The van der Waals surface area contributed by atoms with Crippen molar-refractivity contribution in [2.24, 2.45) is 0 Å². The summed E-state index contributed by atoms with van der Waals surface area (Å²) < 4.78 is 5.35. The molecule has 0 aliphatic heterocycles. The lowest BCUT2D eigenvalue weighted by Crippen LogP contribution is -2.28. The first kappa shape index (κ1) is 17.0. The molecule has 0 aliphatic rings. The van der Waals surface area contributed by atoms with Crippen LogP contribution in [-0.4, -0.2) is 25.5 Å². The van der Waals surface area contributed by atoms with Crippen molar-refractivity contribution in [1.82, 2.24) is 10.6 Å². The number of benzene rings is 2. The van der Waals surface area contributed by atoms with E-state index in [1.807, 2.05) is 6.07 Å². The first-order chi connectivity index (χ1) is 11.6. The van der Waals surface area contributed by atoms with Crippen molar-refractivity contribution in [2.45, 2.75) is 6.54 Å². The third-order valence-corrected chi connectivity index (χ3v) is 3.29. The van der Waals surface area contributed by atoms with Crippen LogP contribution in [0, 0.1) is 11.3 Å². The van der Waals surface area contributed by atoms with Crippen LogP contribution in [0.1, 0.15) is 21.5 Å². The second kappa shape index (κ2) is 8.34. The van der Waals surface area contributed by atoms with Gasteiger partial charge in [-0.05, 0) is 42.0 Å². The largest absolute Gasteiger partial charge is 0.484 e. The van der Waals surface area contributed by atoms with Gasteiger partial charge < -0.3 is 15.4 Å². The zero-order valence-electron chi connectivity index (χ0n) is 13.2. The van der Waals surface area contributed by atoms with Crippen molar-refractivity contribution >= 4 is 11.8 Å². The molecular formula is C18H17N3O3. The van der Waals surface area contributed by atoms with Crippen molar-refractivity contribution in [3.63, 3.8) is 0 Å². The van der Waals surface area contributed by atoms with Gasteiger partial charge in [-0.1, -0.05) is 12.1 Å². The lowest BCUT2D eigenvalue weighted by atomic mass is 10.1. The molecule has 0 unspecified atom stereocenters. The predicted octanol–water partition coefficient (Wildman–Crippen LogP) is 1.61. The third kappa shape index (κ3) is 4.85. The van der Waals surface area contributed by atoms with Crippen molar-refractivity contribution in [3.8, 4) is 11.8 Å². The Bertz CT molecular complexity index is 747. The van der Waals surface area contributed by atoms with Gasteiger partial charge in [0.2, 0.25) is 0 Å². The molecule has 2 aromatic rings. The smallest absolute Gasteiger partial charge is 0.258 e. The SMILES string of the molecule is CNC(=O)c1ccc(CNC(=O)COc2ccc(C#N)cc2)cc1. The van der Waals surface area contributed by atoms with E-state index in [0.717, 1.165) is 5.56 Å². The molecule has 0 radical (unpaired) electrons. The van der Waals surface area contributed by atoms with Gasteiger partial charge in [-0.15, -0.1) is 0 Å². The van der Waals surface area contributed by atoms with Crippen LogP contribution in [0.3, 0.4) is 0 Å². The Morgan fingerprint density at radius 3 is 2.33 bits per heavy atom. The Hall–Kier alpha value is -3.33. The zero-order chi connectivity index (χ0) is 17.4. The van der Waals surface area contributed by atoms with Gasteiger partial charge in [0.25, 0.3) is 11.8 Å². The molecule has 0 bridgehead atoms. The Morgan fingerprint density at radius 2 is 1.75 bits per heavy atom. The Labute approximate surface area is 140 Å². The summed E-state index contributed by atoms with van der Waals surface area (Å²) in [6.07, 6.45) is 0. The van der Waals surface area contributed by atoms with E-state index >= 15 is 0 Å². The summed E-state index contributed by atoms with van der Waals surface area (Å²) in [5.41, 5.74) is 1.98. The van der Waals surface area contributed by atoms with Gasteiger partial charge in [-0.2, -0.15) is 5.26 Å². The van der Waals surface area contributed by atoms with E-state index < -0.39 is 0 Å². The highest BCUT2D eigenvalue weighted by Crippen LogP contribution is 2.11. The minimum absolute atomic E-state index is 0.109. The number of carbonyl (C=O) groups is 2. The first-order valence-corrected chi connectivity index (χ1v) is 7.33. The van der Waals surface area contributed by atoms with Gasteiger partial charge in [0.1, 0.15) is 5.75 Å². The number of ether oxygens (including phenoxy) is 1. The number of nitrogens with one attached hydrogen (secondary N) is 2. The number of hydrogen-bond acceptors (Lipinski definition) is 4. The average molecular weight is 323 g/mol. The van der Waals surface area contributed by atoms with Crippen LogP contribution in [0.15, 0.2) is 48.5 Å². The van der Waals surface area contributed by atoms with Crippen molar-refractivity contribution in [1.29, 1.82) is 5.26 Å². The summed E-state index contributed by atoms with van der Waals surface area (Å²) in [7, 11) is 1.57. The zero-order valence-corrected chi connectivity index (χ0v) is 13.2. The van der Waals surface area contributed by atoms with Crippen LogP contribution in [0.25, 0.3) is 0 Å². The molecule has 0 atom stereocenters.